The van der Waals surface area contributed by atoms with E-state index in [9.17, 15) is 14.3 Å². The molecule has 0 spiro atoms. The summed E-state index contributed by atoms with van der Waals surface area (Å²) in [6.45, 7) is 0. The minimum absolute atomic E-state index is 0.0409. The number of halogens is 1. The highest BCUT2D eigenvalue weighted by molar-refractivity contribution is 6.07. The number of hydrogen-bond donors (Lipinski definition) is 1. The van der Waals surface area contributed by atoms with E-state index in [0.717, 1.165) is 10.9 Å². The first-order chi connectivity index (χ1) is 11.1. The van der Waals surface area contributed by atoms with Crippen molar-refractivity contribution in [1.29, 1.82) is 0 Å². The maximum Gasteiger partial charge on any atom is 0.174 e. The van der Waals surface area contributed by atoms with Crippen LogP contribution in [0.4, 0.5) is 4.39 Å². The van der Waals surface area contributed by atoms with Gasteiger partial charge in [-0.2, -0.15) is 0 Å². The highest BCUT2D eigenvalue weighted by Gasteiger charge is 2.51. The number of phenols is 1. The van der Waals surface area contributed by atoms with Gasteiger partial charge in [-0.25, -0.2) is 4.39 Å². The zero-order valence-corrected chi connectivity index (χ0v) is 12.3. The Labute approximate surface area is 132 Å². The maximum atomic E-state index is 13.6. The molecule has 1 aliphatic carbocycles. The molecule has 0 aliphatic heterocycles. The summed E-state index contributed by atoms with van der Waals surface area (Å²) in [5, 5.41) is 10.2. The Hall–Kier alpha value is -2.75. The lowest BCUT2D eigenvalue weighted by molar-refractivity contribution is 0.0945. The number of aromatic nitrogens is 1. The molecule has 4 rings (SSSR count). The lowest BCUT2D eigenvalue weighted by atomic mass is 9.87. The predicted molar refractivity (Wildman–Crippen MR) is 85.1 cm³/mol. The molecule has 1 heterocycles. The van der Waals surface area contributed by atoms with Crippen LogP contribution in [-0.4, -0.2) is 15.9 Å². The Bertz CT molecular complexity index is 932. The van der Waals surface area contributed by atoms with E-state index in [1.54, 1.807) is 12.3 Å². The third-order valence-corrected chi connectivity index (χ3v) is 4.54. The molecule has 0 unspecified atom stereocenters. The number of Topliss-reactive ketones (excluding diaryl/α,β-unsaturated/α-hetero) is 1. The molecule has 1 N–H and O–H groups in total. The van der Waals surface area contributed by atoms with E-state index in [4.69, 9.17) is 0 Å². The van der Waals surface area contributed by atoms with Gasteiger partial charge in [0.2, 0.25) is 0 Å². The second-order valence-corrected chi connectivity index (χ2v) is 5.99. The second-order valence-electron chi connectivity index (χ2n) is 5.99. The number of para-hydroxylation sites is 1. The molecule has 3 nitrogen and oxygen atoms in total. The number of ketones is 1. The molecule has 0 atom stereocenters. The fourth-order valence-corrected chi connectivity index (χ4v) is 3.05. The van der Waals surface area contributed by atoms with Gasteiger partial charge in [0.25, 0.3) is 0 Å². The van der Waals surface area contributed by atoms with E-state index >= 15 is 0 Å². The van der Waals surface area contributed by atoms with Crippen molar-refractivity contribution in [3.05, 3.63) is 71.7 Å². The van der Waals surface area contributed by atoms with Crippen molar-refractivity contribution in [2.24, 2.45) is 0 Å². The Kier molecular flexibility index (Phi) is 2.94. The molecule has 23 heavy (non-hydrogen) atoms. The number of nitrogens with zero attached hydrogens (tertiary/aromatic N) is 1. The molecule has 0 saturated heterocycles. The summed E-state index contributed by atoms with van der Waals surface area (Å²) in [6.07, 6.45) is 2.95. The molecule has 4 heteroatoms. The third-order valence-electron chi connectivity index (χ3n) is 4.54. The SMILES string of the molecule is O=C(c1cnc2ccccc2c1)C1(c2ccc(O)c(F)c2)CC1. The zero-order valence-electron chi connectivity index (χ0n) is 12.3. The first-order valence-corrected chi connectivity index (χ1v) is 7.49. The molecular formula is C19H14FNO2. The summed E-state index contributed by atoms with van der Waals surface area (Å²) in [7, 11) is 0. The molecule has 0 bridgehead atoms. The molecule has 114 valence electrons. The zero-order chi connectivity index (χ0) is 16.0. The van der Waals surface area contributed by atoms with Crippen LogP contribution in [0.5, 0.6) is 5.75 Å². The third kappa shape index (κ3) is 2.18. The average molecular weight is 307 g/mol. The minimum atomic E-state index is -0.696. The van der Waals surface area contributed by atoms with E-state index in [-0.39, 0.29) is 5.78 Å². The Morgan fingerprint density at radius 3 is 2.65 bits per heavy atom. The number of carbonyl (C=O) groups is 1. The number of carbonyl (C=O) groups excluding carboxylic acids is 1. The number of pyridine rings is 1. The quantitative estimate of drug-likeness (QED) is 0.744. The van der Waals surface area contributed by atoms with Gasteiger partial charge in [-0.15, -0.1) is 0 Å². The first-order valence-electron chi connectivity index (χ1n) is 7.49. The van der Waals surface area contributed by atoms with E-state index in [1.807, 2.05) is 30.3 Å². The summed E-state index contributed by atoms with van der Waals surface area (Å²) >= 11 is 0. The molecule has 1 aliphatic rings. The number of benzene rings is 2. The lowest BCUT2D eigenvalue weighted by Gasteiger charge is -2.15. The van der Waals surface area contributed by atoms with E-state index in [1.165, 1.54) is 12.1 Å². The van der Waals surface area contributed by atoms with Crippen molar-refractivity contribution < 1.29 is 14.3 Å². The summed E-state index contributed by atoms with van der Waals surface area (Å²) in [4.78, 5) is 17.3. The summed E-state index contributed by atoms with van der Waals surface area (Å²) in [5.41, 5.74) is 1.31. The number of rotatable bonds is 3. The van der Waals surface area contributed by atoms with Crippen LogP contribution in [0.1, 0.15) is 28.8 Å². The lowest BCUT2D eigenvalue weighted by Crippen LogP contribution is -2.21. The maximum absolute atomic E-state index is 13.6. The predicted octanol–water partition coefficient (Wildman–Crippen LogP) is 3.99. The second kappa shape index (κ2) is 4.88. The van der Waals surface area contributed by atoms with Crippen LogP contribution in [0.2, 0.25) is 0 Å². The van der Waals surface area contributed by atoms with Crippen molar-refractivity contribution in [1.82, 2.24) is 4.98 Å². The first kappa shape index (κ1) is 13.9. The van der Waals surface area contributed by atoms with Gasteiger partial charge in [0, 0.05) is 17.1 Å². The van der Waals surface area contributed by atoms with E-state index < -0.39 is 17.0 Å². The fraction of sp³-hybridized carbons (Fsp3) is 0.158. The van der Waals surface area contributed by atoms with Gasteiger partial charge in [-0.1, -0.05) is 24.3 Å². The Balaban J connectivity index is 1.76. The smallest absolute Gasteiger partial charge is 0.174 e. The molecule has 1 aromatic heterocycles. The van der Waals surface area contributed by atoms with Crippen LogP contribution < -0.4 is 0 Å². The normalized spacial score (nSPS) is 15.5. The average Bonchev–Trinajstić information content (AvgIpc) is 3.38. The number of phenolic OH excluding ortho intramolecular Hbond substituents is 1. The van der Waals surface area contributed by atoms with Crippen molar-refractivity contribution in [2.75, 3.05) is 0 Å². The van der Waals surface area contributed by atoms with Gasteiger partial charge < -0.3 is 5.11 Å². The largest absolute Gasteiger partial charge is 0.505 e. The number of hydrogen-bond acceptors (Lipinski definition) is 3. The van der Waals surface area contributed by atoms with Crippen LogP contribution in [0.15, 0.2) is 54.7 Å². The molecule has 2 aromatic carbocycles. The molecule has 1 fully saturated rings. The van der Waals surface area contributed by atoms with Crippen LogP contribution in [-0.2, 0) is 5.41 Å². The number of aromatic hydroxyl groups is 1. The highest BCUT2D eigenvalue weighted by atomic mass is 19.1. The van der Waals surface area contributed by atoms with Gasteiger partial charge >= 0.3 is 0 Å². The summed E-state index contributed by atoms with van der Waals surface area (Å²) < 4.78 is 13.6. The van der Waals surface area contributed by atoms with Gasteiger partial charge in [-0.05, 0) is 42.7 Å². The van der Waals surface area contributed by atoms with Crippen LogP contribution in [0.3, 0.4) is 0 Å². The van der Waals surface area contributed by atoms with Gasteiger partial charge in [0.15, 0.2) is 17.3 Å². The summed E-state index contributed by atoms with van der Waals surface area (Å²) in [6, 6.07) is 13.6. The molecule has 0 amide bonds. The molecule has 0 radical (unpaired) electrons. The van der Waals surface area contributed by atoms with Crippen LogP contribution >= 0.6 is 0 Å². The van der Waals surface area contributed by atoms with Gasteiger partial charge in [-0.3, -0.25) is 9.78 Å². The van der Waals surface area contributed by atoms with Crippen molar-refractivity contribution in [3.8, 4) is 5.75 Å². The van der Waals surface area contributed by atoms with E-state index in [0.29, 0.717) is 24.0 Å². The molecule has 3 aromatic rings. The van der Waals surface area contributed by atoms with Crippen LogP contribution in [0, 0.1) is 5.82 Å². The van der Waals surface area contributed by atoms with Gasteiger partial charge in [0.05, 0.1) is 10.9 Å². The van der Waals surface area contributed by atoms with Crippen molar-refractivity contribution in [3.63, 3.8) is 0 Å². The Morgan fingerprint density at radius 1 is 1.13 bits per heavy atom. The highest BCUT2D eigenvalue weighted by Crippen LogP contribution is 2.51. The van der Waals surface area contributed by atoms with Crippen LogP contribution in [0.25, 0.3) is 10.9 Å². The minimum Gasteiger partial charge on any atom is -0.505 e. The number of fused-ring (bicyclic) bond motifs is 1. The summed E-state index contributed by atoms with van der Waals surface area (Å²) in [5.74, 6) is -1.14. The molecular weight excluding hydrogens is 293 g/mol. The van der Waals surface area contributed by atoms with E-state index in [2.05, 4.69) is 4.98 Å². The monoisotopic (exact) mass is 307 g/mol. The topological polar surface area (TPSA) is 50.2 Å². The standard InChI is InChI=1S/C19H14FNO2/c20-15-10-14(5-6-17(15)22)19(7-8-19)18(23)13-9-12-3-1-2-4-16(12)21-11-13/h1-6,9-11,22H,7-8H2. The van der Waals surface area contributed by atoms with Crippen molar-refractivity contribution >= 4 is 16.7 Å². The molecule has 1 saturated carbocycles. The van der Waals surface area contributed by atoms with Crippen molar-refractivity contribution in [2.45, 2.75) is 18.3 Å². The van der Waals surface area contributed by atoms with Gasteiger partial charge in [0.1, 0.15) is 0 Å². The fourth-order valence-electron chi connectivity index (χ4n) is 3.05. The Morgan fingerprint density at radius 2 is 1.91 bits per heavy atom.